The summed E-state index contributed by atoms with van der Waals surface area (Å²) in [6.07, 6.45) is -0.725. The van der Waals surface area contributed by atoms with Gasteiger partial charge in [-0.1, -0.05) is 68.4 Å². The standard InChI is InChI=1S/C35H37N5O7/c1-21(2)32(42)38-34-37-31-30(33(43)39-34)40(20-36-31)29-18-27(41)28(47-29)19-46-35(22-8-6-5-7-9-22,23-10-14-25(44-3)15-11-23)24-12-16-26(45-4)17-13-24/h5-17,20-21,27-29,41H,18-19H2,1-4H3,(H2,37,38,39,42,43)/t27-,28+,29+/m0/s1. The highest BCUT2D eigenvalue weighted by atomic mass is 16.6. The number of aromatic amines is 1. The molecule has 6 rings (SSSR count). The minimum absolute atomic E-state index is 0.0111. The van der Waals surface area contributed by atoms with Gasteiger partial charge in [0.05, 0.1) is 33.3 Å². The number of benzene rings is 3. The SMILES string of the molecule is COc1ccc(C(OC[C@H]2O[C@@H](n3cnc4nc(NC(=O)C(C)C)[nH]c(=O)c43)C[C@@H]2O)(c2ccccc2)c2ccc(OC)cc2)cc1. The van der Waals surface area contributed by atoms with Gasteiger partial charge in [-0.25, -0.2) is 4.98 Å². The van der Waals surface area contributed by atoms with Crippen molar-refractivity contribution in [2.24, 2.45) is 5.92 Å². The maximum Gasteiger partial charge on any atom is 0.278 e. The predicted octanol–water partition coefficient (Wildman–Crippen LogP) is 4.39. The number of carbonyl (C=O) groups is 1. The first kappa shape index (κ1) is 31.9. The van der Waals surface area contributed by atoms with Crippen LogP contribution in [0, 0.1) is 5.92 Å². The molecule has 1 fully saturated rings. The number of hydrogen-bond donors (Lipinski definition) is 3. The van der Waals surface area contributed by atoms with Gasteiger partial charge in [0.1, 0.15) is 29.4 Å². The molecule has 0 saturated carbocycles. The van der Waals surface area contributed by atoms with Gasteiger partial charge in [-0.05, 0) is 41.0 Å². The van der Waals surface area contributed by atoms with Crippen LogP contribution >= 0.6 is 0 Å². The number of aliphatic hydroxyl groups excluding tert-OH is 1. The second-order valence-corrected chi connectivity index (χ2v) is 11.6. The van der Waals surface area contributed by atoms with Crippen LogP contribution < -0.4 is 20.3 Å². The van der Waals surface area contributed by atoms with E-state index in [0.29, 0.717) is 11.5 Å². The van der Waals surface area contributed by atoms with Crippen LogP contribution in [0.4, 0.5) is 5.95 Å². The van der Waals surface area contributed by atoms with E-state index in [1.54, 1.807) is 32.6 Å². The molecule has 12 heteroatoms. The number of rotatable bonds is 11. The summed E-state index contributed by atoms with van der Waals surface area (Å²) < 4.78 is 25.7. The molecule has 0 spiro atoms. The highest BCUT2D eigenvalue weighted by Crippen LogP contribution is 2.43. The molecule has 3 aromatic carbocycles. The van der Waals surface area contributed by atoms with Gasteiger partial charge in [0.15, 0.2) is 11.2 Å². The number of aromatic nitrogens is 4. The summed E-state index contributed by atoms with van der Waals surface area (Å²) in [5, 5.41) is 13.8. The molecular formula is C35H37N5O7. The predicted molar refractivity (Wildman–Crippen MR) is 174 cm³/mol. The molecule has 0 unspecified atom stereocenters. The van der Waals surface area contributed by atoms with Crippen molar-refractivity contribution in [2.45, 2.75) is 44.3 Å². The number of anilines is 1. The van der Waals surface area contributed by atoms with Crippen molar-refractivity contribution in [1.29, 1.82) is 0 Å². The van der Waals surface area contributed by atoms with Gasteiger partial charge >= 0.3 is 0 Å². The minimum Gasteiger partial charge on any atom is -0.497 e. The van der Waals surface area contributed by atoms with Crippen LogP contribution in [0.15, 0.2) is 90.0 Å². The fourth-order valence-corrected chi connectivity index (χ4v) is 5.81. The number of H-pyrrole nitrogens is 1. The first-order valence-corrected chi connectivity index (χ1v) is 15.3. The van der Waals surface area contributed by atoms with Crippen LogP contribution in [0.1, 0.15) is 43.2 Å². The fourth-order valence-electron chi connectivity index (χ4n) is 5.81. The second-order valence-electron chi connectivity index (χ2n) is 11.6. The average molecular weight is 640 g/mol. The molecule has 0 aliphatic carbocycles. The third-order valence-electron chi connectivity index (χ3n) is 8.36. The summed E-state index contributed by atoms with van der Waals surface area (Å²) in [5.74, 6) is 0.840. The lowest BCUT2D eigenvalue weighted by Crippen LogP contribution is -2.38. The van der Waals surface area contributed by atoms with Gasteiger partial charge in [-0.15, -0.1) is 0 Å². The van der Waals surface area contributed by atoms with Crippen LogP contribution in [-0.2, 0) is 19.9 Å². The zero-order valence-corrected chi connectivity index (χ0v) is 26.5. The maximum absolute atomic E-state index is 13.1. The summed E-state index contributed by atoms with van der Waals surface area (Å²) in [5.41, 5.74) is 1.29. The van der Waals surface area contributed by atoms with E-state index in [9.17, 15) is 14.7 Å². The Morgan fingerprint density at radius 3 is 2.17 bits per heavy atom. The normalized spacial score (nSPS) is 18.0. The Kier molecular flexibility index (Phi) is 9.08. The van der Waals surface area contributed by atoms with E-state index in [1.807, 2.05) is 78.9 Å². The average Bonchev–Trinajstić information content (AvgIpc) is 3.69. The van der Waals surface area contributed by atoms with Crippen LogP contribution in [0.2, 0.25) is 0 Å². The number of nitrogens with zero attached hydrogens (tertiary/aromatic N) is 3. The fraction of sp³-hybridized carbons (Fsp3) is 0.314. The van der Waals surface area contributed by atoms with E-state index in [1.165, 1.54) is 6.33 Å². The van der Waals surface area contributed by atoms with E-state index in [2.05, 4.69) is 20.3 Å². The molecule has 3 N–H and O–H groups in total. The lowest BCUT2D eigenvalue weighted by Gasteiger charge is -2.37. The number of amides is 1. The maximum atomic E-state index is 13.1. The Morgan fingerprint density at radius 2 is 1.60 bits per heavy atom. The van der Waals surface area contributed by atoms with E-state index < -0.39 is 29.6 Å². The molecule has 0 radical (unpaired) electrons. The lowest BCUT2D eigenvalue weighted by molar-refractivity contribution is -0.118. The van der Waals surface area contributed by atoms with Gasteiger partial charge in [0.25, 0.3) is 5.56 Å². The molecule has 1 saturated heterocycles. The second kappa shape index (κ2) is 13.4. The molecule has 3 heterocycles. The minimum atomic E-state index is -1.10. The quantitative estimate of drug-likeness (QED) is 0.179. The van der Waals surface area contributed by atoms with Crippen molar-refractivity contribution in [3.8, 4) is 11.5 Å². The molecule has 0 bridgehead atoms. The van der Waals surface area contributed by atoms with Crippen LogP contribution in [-0.4, -0.2) is 63.6 Å². The van der Waals surface area contributed by atoms with E-state index in [0.717, 1.165) is 16.7 Å². The zero-order valence-electron chi connectivity index (χ0n) is 26.5. The summed E-state index contributed by atoms with van der Waals surface area (Å²) >= 11 is 0. The number of nitrogens with one attached hydrogen (secondary N) is 2. The number of aliphatic hydroxyl groups is 1. The summed E-state index contributed by atoms with van der Waals surface area (Å²) in [6.45, 7) is 3.49. The molecule has 3 atom stereocenters. The van der Waals surface area contributed by atoms with Crippen molar-refractivity contribution in [3.63, 3.8) is 0 Å². The van der Waals surface area contributed by atoms with Gasteiger partial charge in [-0.2, -0.15) is 4.98 Å². The molecule has 1 aliphatic heterocycles. The summed E-state index contributed by atoms with van der Waals surface area (Å²) in [4.78, 5) is 36.4. The molecule has 5 aromatic rings. The largest absolute Gasteiger partial charge is 0.497 e. The van der Waals surface area contributed by atoms with Gasteiger partial charge in [-0.3, -0.25) is 24.5 Å². The molecule has 244 valence electrons. The first-order chi connectivity index (χ1) is 22.7. The highest BCUT2D eigenvalue weighted by molar-refractivity contribution is 5.91. The van der Waals surface area contributed by atoms with Crippen molar-refractivity contribution >= 4 is 23.0 Å². The number of methoxy groups -OCH3 is 2. The van der Waals surface area contributed by atoms with Crippen LogP contribution in [0.25, 0.3) is 11.2 Å². The Morgan fingerprint density at radius 1 is 1.00 bits per heavy atom. The van der Waals surface area contributed by atoms with Gasteiger partial charge < -0.3 is 24.1 Å². The summed E-state index contributed by atoms with van der Waals surface area (Å²) in [6, 6.07) is 25.2. The van der Waals surface area contributed by atoms with Crippen molar-refractivity contribution in [1.82, 2.24) is 19.5 Å². The van der Waals surface area contributed by atoms with Gasteiger partial charge in [0, 0.05) is 12.3 Å². The number of hydrogen-bond acceptors (Lipinski definition) is 9. The Bertz CT molecular complexity index is 1840. The van der Waals surface area contributed by atoms with Crippen molar-refractivity contribution < 1.29 is 28.8 Å². The van der Waals surface area contributed by atoms with Crippen molar-refractivity contribution in [2.75, 3.05) is 26.1 Å². The number of ether oxygens (including phenoxy) is 4. The number of imidazole rings is 1. The number of fused-ring (bicyclic) bond motifs is 1. The van der Waals surface area contributed by atoms with E-state index in [-0.39, 0.29) is 42.0 Å². The van der Waals surface area contributed by atoms with Crippen LogP contribution in [0.5, 0.6) is 11.5 Å². The first-order valence-electron chi connectivity index (χ1n) is 15.3. The smallest absolute Gasteiger partial charge is 0.278 e. The van der Waals surface area contributed by atoms with Crippen molar-refractivity contribution in [3.05, 3.63) is 112 Å². The molecule has 1 amide bonds. The third-order valence-corrected chi connectivity index (χ3v) is 8.36. The molecule has 47 heavy (non-hydrogen) atoms. The Hall–Kier alpha value is -5.04. The van der Waals surface area contributed by atoms with Gasteiger partial charge in [0.2, 0.25) is 11.9 Å². The third kappa shape index (κ3) is 6.22. The Labute approximate surface area is 271 Å². The molecular weight excluding hydrogens is 602 g/mol. The Balaban J connectivity index is 1.32. The number of carbonyl (C=O) groups excluding carboxylic acids is 1. The summed E-state index contributed by atoms with van der Waals surface area (Å²) in [7, 11) is 3.23. The van der Waals surface area contributed by atoms with E-state index in [4.69, 9.17) is 18.9 Å². The monoisotopic (exact) mass is 639 g/mol. The highest BCUT2D eigenvalue weighted by Gasteiger charge is 2.42. The van der Waals surface area contributed by atoms with Crippen LogP contribution in [0.3, 0.4) is 0 Å². The topological polar surface area (TPSA) is 150 Å². The molecule has 1 aliphatic rings. The molecule has 2 aromatic heterocycles. The zero-order chi connectivity index (χ0) is 33.1. The lowest BCUT2D eigenvalue weighted by atomic mass is 9.80. The van der Waals surface area contributed by atoms with E-state index >= 15 is 0 Å². The molecule has 12 nitrogen and oxygen atoms in total.